The molecule has 0 bridgehead atoms. The zero-order valence-electron chi connectivity index (χ0n) is 9.65. The molecule has 7 nitrogen and oxygen atoms in total. The zero-order chi connectivity index (χ0) is 14.0. The van der Waals surface area contributed by atoms with Crippen molar-refractivity contribution in [2.75, 3.05) is 13.2 Å². The molecule has 18 heavy (non-hydrogen) atoms. The van der Waals surface area contributed by atoms with Crippen molar-refractivity contribution in [3.63, 3.8) is 0 Å². The quantitative estimate of drug-likeness (QED) is 0.465. The molecular formula is C10H14FN3O4. The Balaban J connectivity index is 4.18. The number of allylic oxidation sites excluding steroid dienone is 1. The van der Waals surface area contributed by atoms with Gasteiger partial charge in [-0.05, 0) is 6.42 Å². The van der Waals surface area contributed by atoms with Crippen LogP contribution < -0.4 is 10.6 Å². The van der Waals surface area contributed by atoms with Gasteiger partial charge in [0.15, 0.2) is 0 Å². The number of carbonyl (C=O) groups is 3. The Morgan fingerprint density at radius 3 is 2.56 bits per heavy atom. The number of nitrogens with zero attached hydrogens (tertiary/aromatic N) is 1. The monoisotopic (exact) mass is 259 g/mol. The average molecular weight is 259 g/mol. The third-order valence-electron chi connectivity index (χ3n) is 1.90. The average Bonchev–Trinajstić information content (AvgIpc) is 2.39. The van der Waals surface area contributed by atoms with Crippen LogP contribution in [0.2, 0.25) is 0 Å². The predicted molar refractivity (Wildman–Crippen MR) is 61.1 cm³/mol. The van der Waals surface area contributed by atoms with Gasteiger partial charge in [-0.1, -0.05) is 6.08 Å². The van der Waals surface area contributed by atoms with E-state index in [0.717, 1.165) is 0 Å². The van der Waals surface area contributed by atoms with Gasteiger partial charge in [-0.25, -0.2) is 4.39 Å². The molecule has 0 fully saturated rings. The van der Waals surface area contributed by atoms with Crippen LogP contribution in [0.15, 0.2) is 17.8 Å². The Bertz CT molecular complexity index is 346. The molecule has 100 valence electrons. The van der Waals surface area contributed by atoms with Gasteiger partial charge in [0, 0.05) is 11.6 Å². The molecule has 0 heterocycles. The number of hydrogen-bond donors (Lipinski definition) is 2. The van der Waals surface area contributed by atoms with E-state index in [4.69, 9.17) is 0 Å². The Kier molecular flexibility index (Phi) is 7.91. The largest absolute Gasteiger partial charge is 0.345 e. The van der Waals surface area contributed by atoms with E-state index in [1.165, 1.54) is 6.08 Å². The van der Waals surface area contributed by atoms with Crippen LogP contribution in [-0.4, -0.2) is 37.0 Å². The smallest absolute Gasteiger partial charge is 0.305 e. The van der Waals surface area contributed by atoms with Crippen molar-refractivity contribution in [2.24, 2.45) is 5.18 Å². The summed E-state index contributed by atoms with van der Waals surface area (Å²) < 4.78 is 12.5. The van der Waals surface area contributed by atoms with Crippen molar-refractivity contribution in [2.45, 2.75) is 18.9 Å². The summed E-state index contributed by atoms with van der Waals surface area (Å²) in [6.45, 7) is 1.67. The van der Waals surface area contributed by atoms with Crippen LogP contribution in [-0.2, 0) is 14.4 Å². The van der Waals surface area contributed by atoms with Gasteiger partial charge in [0.2, 0.25) is 11.8 Å². The van der Waals surface area contributed by atoms with Crippen molar-refractivity contribution in [3.05, 3.63) is 17.6 Å². The van der Waals surface area contributed by atoms with Gasteiger partial charge < -0.3 is 10.6 Å². The van der Waals surface area contributed by atoms with Gasteiger partial charge in [0.1, 0.15) is 19.3 Å². The third kappa shape index (κ3) is 6.46. The highest BCUT2D eigenvalue weighted by Crippen LogP contribution is 1.93. The van der Waals surface area contributed by atoms with E-state index in [-0.39, 0.29) is 6.42 Å². The highest BCUT2D eigenvalue weighted by Gasteiger charge is 2.20. The second kappa shape index (κ2) is 8.97. The SMILES string of the molecule is C=CCCC(=O)NC(CF)C(=O)NCC(=O)N=O. The molecule has 0 spiro atoms. The van der Waals surface area contributed by atoms with E-state index in [1.54, 1.807) is 0 Å². The summed E-state index contributed by atoms with van der Waals surface area (Å²) >= 11 is 0. The molecule has 1 atom stereocenters. The Labute approximate surface area is 103 Å². The maximum Gasteiger partial charge on any atom is 0.305 e. The number of nitroso groups, excluding NO2 is 1. The van der Waals surface area contributed by atoms with Gasteiger partial charge in [-0.3, -0.25) is 14.4 Å². The number of halogens is 1. The fourth-order valence-electron chi connectivity index (χ4n) is 0.992. The topological polar surface area (TPSA) is 105 Å². The van der Waals surface area contributed by atoms with Crippen molar-refractivity contribution in [3.8, 4) is 0 Å². The maximum atomic E-state index is 12.5. The fraction of sp³-hybridized carbons (Fsp3) is 0.500. The Hall–Kier alpha value is -2.12. The summed E-state index contributed by atoms with van der Waals surface area (Å²) in [5.74, 6) is -2.48. The molecule has 0 rings (SSSR count). The van der Waals surface area contributed by atoms with Gasteiger partial charge >= 0.3 is 5.91 Å². The molecule has 3 amide bonds. The first-order chi connectivity index (χ1) is 8.54. The van der Waals surface area contributed by atoms with Gasteiger partial charge in [-0.15, -0.1) is 11.5 Å². The van der Waals surface area contributed by atoms with E-state index in [9.17, 15) is 23.7 Å². The lowest BCUT2D eigenvalue weighted by Gasteiger charge is -2.14. The third-order valence-corrected chi connectivity index (χ3v) is 1.90. The Morgan fingerprint density at radius 1 is 1.39 bits per heavy atom. The van der Waals surface area contributed by atoms with Crippen molar-refractivity contribution in [1.29, 1.82) is 0 Å². The summed E-state index contributed by atoms with van der Waals surface area (Å²) in [7, 11) is 0. The van der Waals surface area contributed by atoms with Crippen LogP contribution >= 0.6 is 0 Å². The summed E-state index contributed by atoms with van der Waals surface area (Å²) in [5.41, 5.74) is 0. The van der Waals surface area contributed by atoms with Crippen LogP contribution in [0.3, 0.4) is 0 Å². The molecule has 2 N–H and O–H groups in total. The fourth-order valence-corrected chi connectivity index (χ4v) is 0.992. The summed E-state index contributed by atoms with van der Waals surface area (Å²) in [5, 5.41) is 6.19. The summed E-state index contributed by atoms with van der Waals surface area (Å²) in [4.78, 5) is 42.8. The molecule has 1 unspecified atom stereocenters. The molecule has 0 aromatic heterocycles. The number of amides is 3. The number of carbonyl (C=O) groups excluding carboxylic acids is 3. The van der Waals surface area contributed by atoms with Gasteiger partial charge in [-0.2, -0.15) is 0 Å². The van der Waals surface area contributed by atoms with E-state index in [2.05, 4.69) is 17.1 Å². The molecule has 0 aromatic carbocycles. The molecule has 0 aliphatic rings. The molecule has 0 radical (unpaired) electrons. The first kappa shape index (κ1) is 15.9. The predicted octanol–water partition coefficient (Wildman–Crippen LogP) is -0.184. The van der Waals surface area contributed by atoms with E-state index in [0.29, 0.717) is 6.42 Å². The van der Waals surface area contributed by atoms with Crippen molar-refractivity contribution >= 4 is 17.7 Å². The molecule has 0 saturated heterocycles. The summed E-state index contributed by atoms with van der Waals surface area (Å²) in [6.07, 6.45) is 2.00. The van der Waals surface area contributed by atoms with Crippen LogP contribution in [0.1, 0.15) is 12.8 Å². The maximum absolute atomic E-state index is 12.5. The van der Waals surface area contributed by atoms with Crippen LogP contribution in [0.4, 0.5) is 4.39 Å². The van der Waals surface area contributed by atoms with Crippen LogP contribution in [0, 0.1) is 4.91 Å². The molecular weight excluding hydrogens is 245 g/mol. The first-order valence-corrected chi connectivity index (χ1v) is 5.15. The number of nitrogens with one attached hydrogen (secondary N) is 2. The van der Waals surface area contributed by atoms with Gasteiger partial charge in [0.05, 0.1) is 0 Å². The standard InChI is InChI=1S/C10H14FN3O4/c1-2-3-4-8(15)13-7(5-11)10(17)12-6-9(16)14-18/h2,7H,1,3-6H2,(H,12,17)(H,13,15). The molecule has 0 aliphatic carbocycles. The minimum absolute atomic E-state index is 0.0854. The lowest BCUT2D eigenvalue weighted by atomic mass is 10.2. The molecule has 8 heteroatoms. The van der Waals surface area contributed by atoms with E-state index < -0.39 is 37.0 Å². The van der Waals surface area contributed by atoms with E-state index in [1.807, 2.05) is 5.32 Å². The lowest BCUT2D eigenvalue weighted by molar-refractivity contribution is -0.130. The minimum Gasteiger partial charge on any atom is -0.345 e. The number of alkyl halides is 1. The second-order valence-electron chi connectivity index (χ2n) is 3.30. The minimum atomic E-state index is -1.39. The highest BCUT2D eigenvalue weighted by molar-refractivity contribution is 5.90. The van der Waals surface area contributed by atoms with Crippen LogP contribution in [0.25, 0.3) is 0 Å². The van der Waals surface area contributed by atoms with Gasteiger partial charge in [0.25, 0.3) is 0 Å². The summed E-state index contributed by atoms with van der Waals surface area (Å²) in [6, 6.07) is -1.39. The van der Waals surface area contributed by atoms with E-state index >= 15 is 0 Å². The number of hydrogen-bond acceptors (Lipinski definition) is 4. The second-order valence-corrected chi connectivity index (χ2v) is 3.30. The van der Waals surface area contributed by atoms with Crippen LogP contribution in [0.5, 0.6) is 0 Å². The number of rotatable bonds is 8. The zero-order valence-corrected chi connectivity index (χ0v) is 9.65. The van der Waals surface area contributed by atoms with Crippen molar-refractivity contribution in [1.82, 2.24) is 10.6 Å². The lowest BCUT2D eigenvalue weighted by Crippen LogP contribution is -2.49. The molecule has 0 aliphatic heterocycles. The highest BCUT2D eigenvalue weighted by atomic mass is 19.1. The van der Waals surface area contributed by atoms with Crippen molar-refractivity contribution < 1.29 is 18.8 Å². The Morgan fingerprint density at radius 2 is 2.06 bits per heavy atom. The first-order valence-electron chi connectivity index (χ1n) is 5.15. The molecule has 0 aromatic rings. The normalized spacial score (nSPS) is 11.2. The molecule has 0 saturated carbocycles.